The molecule has 3 N–H and O–H groups in total. The van der Waals surface area contributed by atoms with Crippen molar-refractivity contribution >= 4 is 0 Å². The number of hydrogen-bond donors (Lipinski definition) is 2. The molecular formula is C12H15NO2. The summed E-state index contributed by atoms with van der Waals surface area (Å²) >= 11 is 0. The van der Waals surface area contributed by atoms with E-state index in [2.05, 4.69) is 0 Å². The summed E-state index contributed by atoms with van der Waals surface area (Å²) in [7, 11) is 0. The van der Waals surface area contributed by atoms with Crippen molar-refractivity contribution in [3.8, 4) is 5.75 Å². The molecule has 1 fully saturated rings. The Kier molecular flexibility index (Phi) is 1.82. The van der Waals surface area contributed by atoms with E-state index in [1.54, 1.807) is 0 Å². The molecule has 2 aliphatic rings. The van der Waals surface area contributed by atoms with Crippen molar-refractivity contribution < 1.29 is 9.84 Å². The van der Waals surface area contributed by atoms with Crippen LogP contribution in [-0.2, 0) is 23.5 Å². The maximum Gasteiger partial charge on any atom is 0.121 e. The van der Waals surface area contributed by atoms with Crippen LogP contribution < -0.4 is 5.73 Å². The molecular weight excluding hydrogens is 190 g/mol. The van der Waals surface area contributed by atoms with Crippen molar-refractivity contribution in [1.29, 1.82) is 0 Å². The fourth-order valence-corrected chi connectivity index (χ4v) is 2.44. The summed E-state index contributed by atoms with van der Waals surface area (Å²) in [6.45, 7) is 1.26. The van der Waals surface area contributed by atoms with Gasteiger partial charge < -0.3 is 15.6 Å². The monoisotopic (exact) mass is 205 g/mol. The van der Waals surface area contributed by atoms with Gasteiger partial charge in [-0.25, -0.2) is 0 Å². The van der Waals surface area contributed by atoms with Gasteiger partial charge in [-0.15, -0.1) is 0 Å². The number of phenols is 1. The number of nitrogens with two attached hydrogens (primary N) is 1. The van der Waals surface area contributed by atoms with Gasteiger partial charge in [0.05, 0.1) is 13.2 Å². The van der Waals surface area contributed by atoms with Gasteiger partial charge in [0.25, 0.3) is 0 Å². The minimum atomic E-state index is -0.290. The lowest BCUT2D eigenvalue weighted by molar-refractivity contribution is 0.134. The molecule has 3 nitrogen and oxygen atoms in total. The highest BCUT2D eigenvalue weighted by atomic mass is 16.5. The highest BCUT2D eigenvalue weighted by Gasteiger charge is 2.37. The second-order valence-corrected chi connectivity index (χ2v) is 4.64. The van der Waals surface area contributed by atoms with Gasteiger partial charge in [0.2, 0.25) is 0 Å². The van der Waals surface area contributed by atoms with E-state index >= 15 is 0 Å². The van der Waals surface area contributed by atoms with Crippen LogP contribution in [-0.4, -0.2) is 5.11 Å². The maximum absolute atomic E-state index is 9.94. The van der Waals surface area contributed by atoms with Crippen molar-refractivity contribution in [1.82, 2.24) is 0 Å². The number of rotatable bonds is 1. The van der Waals surface area contributed by atoms with Crippen LogP contribution in [0.5, 0.6) is 5.75 Å². The molecule has 0 saturated heterocycles. The largest absolute Gasteiger partial charge is 0.508 e. The van der Waals surface area contributed by atoms with Crippen LogP contribution in [0.4, 0.5) is 0 Å². The fraction of sp³-hybridized carbons (Fsp3) is 0.500. The average Bonchev–Trinajstić information content (AvgIpc) is 2.60. The molecule has 0 spiro atoms. The van der Waals surface area contributed by atoms with E-state index in [4.69, 9.17) is 10.5 Å². The number of hydrogen-bond acceptors (Lipinski definition) is 3. The first-order valence-electron chi connectivity index (χ1n) is 5.41. The second kappa shape index (κ2) is 2.97. The minimum Gasteiger partial charge on any atom is -0.508 e. The Morgan fingerprint density at radius 2 is 1.87 bits per heavy atom. The van der Waals surface area contributed by atoms with Crippen molar-refractivity contribution in [2.24, 2.45) is 5.73 Å². The second-order valence-electron chi connectivity index (χ2n) is 4.64. The lowest BCUT2D eigenvalue weighted by Gasteiger charge is -2.39. The van der Waals surface area contributed by atoms with E-state index in [-0.39, 0.29) is 5.54 Å². The summed E-state index contributed by atoms with van der Waals surface area (Å²) in [5.74, 6) is 0.335. The predicted octanol–water partition coefficient (Wildman–Crippen LogP) is 1.76. The van der Waals surface area contributed by atoms with Crippen molar-refractivity contribution in [3.05, 3.63) is 28.8 Å². The first kappa shape index (κ1) is 9.19. The summed E-state index contributed by atoms with van der Waals surface area (Å²) in [5, 5.41) is 9.94. The number of phenolic OH excluding ortho intramolecular Hbond substituents is 1. The Morgan fingerprint density at radius 1 is 1.20 bits per heavy atom. The van der Waals surface area contributed by atoms with E-state index in [0.717, 1.165) is 30.4 Å². The van der Waals surface area contributed by atoms with Crippen molar-refractivity contribution in [3.63, 3.8) is 0 Å². The van der Waals surface area contributed by atoms with Crippen LogP contribution in [0.2, 0.25) is 0 Å². The molecule has 0 unspecified atom stereocenters. The predicted molar refractivity (Wildman–Crippen MR) is 56.3 cm³/mol. The molecule has 15 heavy (non-hydrogen) atoms. The molecule has 0 aromatic heterocycles. The third kappa shape index (κ3) is 1.27. The van der Waals surface area contributed by atoms with Gasteiger partial charge in [-0.3, -0.25) is 0 Å². The standard InChI is InChI=1S/C12H15NO2/c13-12(2-1-3-12)10-4-8-6-15-7-9(8)5-11(10)14/h4-5,14H,1-3,6-7,13H2. The van der Waals surface area contributed by atoms with Gasteiger partial charge in [-0.05, 0) is 42.5 Å². The van der Waals surface area contributed by atoms with E-state index in [9.17, 15) is 5.11 Å². The minimum absolute atomic E-state index is 0.290. The lowest BCUT2D eigenvalue weighted by Crippen LogP contribution is -2.43. The summed E-state index contributed by atoms with van der Waals surface area (Å²) < 4.78 is 5.34. The number of aromatic hydroxyl groups is 1. The molecule has 0 radical (unpaired) electrons. The first-order chi connectivity index (χ1) is 7.19. The molecule has 1 aromatic rings. The molecule has 3 rings (SSSR count). The fourth-order valence-electron chi connectivity index (χ4n) is 2.44. The van der Waals surface area contributed by atoms with E-state index in [0.29, 0.717) is 19.0 Å². The molecule has 1 saturated carbocycles. The molecule has 80 valence electrons. The van der Waals surface area contributed by atoms with Gasteiger partial charge in [0.1, 0.15) is 5.75 Å². The van der Waals surface area contributed by atoms with Gasteiger partial charge in [-0.1, -0.05) is 0 Å². The smallest absolute Gasteiger partial charge is 0.121 e. The quantitative estimate of drug-likeness (QED) is 0.734. The van der Waals surface area contributed by atoms with E-state index in [1.165, 1.54) is 5.56 Å². The number of fused-ring (bicyclic) bond motifs is 1. The molecule has 0 amide bonds. The highest BCUT2D eigenvalue weighted by Crippen LogP contribution is 2.44. The Bertz CT molecular complexity index is 410. The van der Waals surface area contributed by atoms with Crippen LogP contribution in [0, 0.1) is 0 Å². The van der Waals surface area contributed by atoms with Gasteiger partial charge in [-0.2, -0.15) is 0 Å². The van der Waals surface area contributed by atoms with Gasteiger partial charge in [0.15, 0.2) is 0 Å². The SMILES string of the molecule is NC1(c2cc3c(cc2O)COC3)CCC1. The van der Waals surface area contributed by atoms with Crippen LogP contribution in [0.3, 0.4) is 0 Å². The first-order valence-corrected chi connectivity index (χ1v) is 5.41. The van der Waals surface area contributed by atoms with Gasteiger partial charge >= 0.3 is 0 Å². The lowest BCUT2D eigenvalue weighted by atomic mass is 9.72. The molecule has 0 bridgehead atoms. The Morgan fingerprint density at radius 3 is 2.47 bits per heavy atom. The highest BCUT2D eigenvalue weighted by molar-refractivity contribution is 5.47. The van der Waals surface area contributed by atoms with Crippen molar-refractivity contribution in [2.75, 3.05) is 0 Å². The normalized spacial score (nSPS) is 22.2. The molecule has 1 aromatic carbocycles. The third-order valence-electron chi connectivity index (χ3n) is 3.62. The zero-order chi connectivity index (χ0) is 10.5. The Labute approximate surface area is 88.9 Å². The van der Waals surface area contributed by atoms with Crippen LogP contribution in [0.25, 0.3) is 0 Å². The molecule has 1 heterocycles. The zero-order valence-corrected chi connectivity index (χ0v) is 8.62. The summed E-state index contributed by atoms with van der Waals surface area (Å²) in [6.07, 6.45) is 3.10. The van der Waals surface area contributed by atoms with Crippen LogP contribution in [0.15, 0.2) is 12.1 Å². The van der Waals surface area contributed by atoms with E-state index < -0.39 is 0 Å². The Balaban J connectivity index is 2.08. The summed E-state index contributed by atoms with van der Waals surface area (Å²) in [6, 6.07) is 3.83. The van der Waals surface area contributed by atoms with Crippen LogP contribution in [0.1, 0.15) is 36.0 Å². The maximum atomic E-state index is 9.94. The topological polar surface area (TPSA) is 55.5 Å². The summed E-state index contributed by atoms with van der Waals surface area (Å²) in [4.78, 5) is 0. The molecule has 3 heteroatoms. The summed E-state index contributed by atoms with van der Waals surface area (Å²) in [5.41, 5.74) is 9.11. The third-order valence-corrected chi connectivity index (χ3v) is 3.62. The zero-order valence-electron chi connectivity index (χ0n) is 8.62. The number of ether oxygens (including phenoxy) is 1. The van der Waals surface area contributed by atoms with Crippen molar-refractivity contribution in [2.45, 2.75) is 38.0 Å². The number of benzene rings is 1. The van der Waals surface area contributed by atoms with Gasteiger partial charge in [0, 0.05) is 11.1 Å². The van der Waals surface area contributed by atoms with Crippen LogP contribution >= 0.6 is 0 Å². The molecule has 1 aliphatic heterocycles. The Hall–Kier alpha value is -1.06. The average molecular weight is 205 g/mol. The molecule has 0 atom stereocenters. The van der Waals surface area contributed by atoms with E-state index in [1.807, 2.05) is 12.1 Å². The molecule has 1 aliphatic carbocycles.